The van der Waals surface area contributed by atoms with Gasteiger partial charge < -0.3 is 0 Å². The maximum atomic E-state index is 10.9. The second-order valence-electron chi connectivity index (χ2n) is 3.23. The predicted molar refractivity (Wildman–Crippen MR) is 41.8 cm³/mol. The van der Waals surface area contributed by atoms with Crippen LogP contribution >= 0.6 is 0 Å². The Balaban J connectivity index is 2.69. The first-order chi connectivity index (χ1) is 4.63. The van der Waals surface area contributed by atoms with Gasteiger partial charge in [-0.05, 0) is 33.6 Å². The van der Waals surface area contributed by atoms with Crippen molar-refractivity contribution in [3.05, 3.63) is 11.1 Å². The van der Waals surface area contributed by atoms with Gasteiger partial charge in [0.15, 0.2) is 0 Å². The molecule has 0 aliphatic heterocycles. The van der Waals surface area contributed by atoms with Crippen molar-refractivity contribution in [3.8, 4) is 0 Å². The summed E-state index contributed by atoms with van der Waals surface area (Å²) in [5, 5.41) is 0. The lowest BCUT2D eigenvalue weighted by atomic mass is 9.75. The molecule has 0 aromatic heterocycles. The summed E-state index contributed by atoms with van der Waals surface area (Å²) in [5.41, 5.74) is 2.72. The molecule has 1 rings (SSSR count). The maximum Gasteiger partial charge on any atom is 0.136 e. The third-order valence-corrected chi connectivity index (χ3v) is 2.26. The molecule has 1 saturated carbocycles. The van der Waals surface area contributed by atoms with Crippen LogP contribution in [0, 0.1) is 5.92 Å². The van der Waals surface area contributed by atoms with Crippen molar-refractivity contribution in [1.29, 1.82) is 0 Å². The molecule has 56 valence electrons. The van der Waals surface area contributed by atoms with Crippen LogP contribution in [0.1, 0.15) is 33.6 Å². The largest absolute Gasteiger partial charge is 0.299 e. The van der Waals surface area contributed by atoms with E-state index < -0.39 is 0 Å². The Hall–Kier alpha value is -0.590. The highest BCUT2D eigenvalue weighted by Crippen LogP contribution is 2.36. The monoisotopic (exact) mass is 138 g/mol. The number of rotatable bonds is 1. The third kappa shape index (κ3) is 1.13. The highest BCUT2D eigenvalue weighted by molar-refractivity contribution is 5.82. The maximum absolute atomic E-state index is 10.9. The zero-order valence-electron chi connectivity index (χ0n) is 6.90. The van der Waals surface area contributed by atoms with E-state index in [1.54, 1.807) is 6.92 Å². The van der Waals surface area contributed by atoms with Crippen LogP contribution in [0.3, 0.4) is 0 Å². The van der Waals surface area contributed by atoms with Gasteiger partial charge >= 0.3 is 0 Å². The molecule has 1 aliphatic carbocycles. The molecule has 0 aromatic carbocycles. The Kier molecular flexibility index (Phi) is 1.93. The van der Waals surface area contributed by atoms with E-state index in [0.717, 1.165) is 12.8 Å². The SMILES string of the molecule is CC(=O)C1CCC1=C(C)C. The van der Waals surface area contributed by atoms with Gasteiger partial charge in [-0.25, -0.2) is 0 Å². The van der Waals surface area contributed by atoms with E-state index in [2.05, 4.69) is 13.8 Å². The number of hydrogen-bond donors (Lipinski definition) is 0. The van der Waals surface area contributed by atoms with Crippen molar-refractivity contribution in [2.45, 2.75) is 33.6 Å². The number of ketones is 1. The summed E-state index contributed by atoms with van der Waals surface area (Å²) in [6, 6.07) is 0. The van der Waals surface area contributed by atoms with Gasteiger partial charge in [0.25, 0.3) is 0 Å². The zero-order valence-corrected chi connectivity index (χ0v) is 6.90. The fourth-order valence-corrected chi connectivity index (χ4v) is 1.48. The van der Waals surface area contributed by atoms with Gasteiger partial charge in [-0.15, -0.1) is 0 Å². The fourth-order valence-electron chi connectivity index (χ4n) is 1.48. The Morgan fingerprint density at radius 3 is 2.10 bits per heavy atom. The molecule has 1 nitrogen and oxygen atoms in total. The molecule has 0 heterocycles. The number of carbonyl (C=O) groups excluding carboxylic acids is 1. The smallest absolute Gasteiger partial charge is 0.136 e. The predicted octanol–water partition coefficient (Wildman–Crippen LogP) is 2.32. The van der Waals surface area contributed by atoms with Crippen molar-refractivity contribution in [2.75, 3.05) is 0 Å². The van der Waals surface area contributed by atoms with Crippen LogP contribution < -0.4 is 0 Å². The summed E-state index contributed by atoms with van der Waals surface area (Å²) in [5.74, 6) is 0.618. The van der Waals surface area contributed by atoms with E-state index in [1.807, 2.05) is 0 Å². The zero-order chi connectivity index (χ0) is 7.72. The summed E-state index contributed by atoms with van der Waals surface area (Å²) >= 11 is 0. The number of hydrogen-bond acceptors (Lipinski definition) is 1. The van der Waals surface area contributed by atoms with Crippen LogP contribution in [0.5, 0.6) is 0 Å². The quantitative estimate of drug-likeness (QED) is 0.508. The number of Topliss-reactive ketones (excluding diaryl/α,β-unsaturated/α-hetero) is 1. The van der Waals surface area contributed by atoms with Crippen LogP contribution in [0.15, 0.2) is 11.1 Å². The van der Waals surface area contributed by atoms with Gasteiger partial charge in [-0.3, -0.25) is 4.79 Å². The standard InChI is InChI=1S/C9H14O/c1-6(2)8-4-5-9(8)7(3)10/h9H,4-5H2,1-3H3. The van der Waals surface area contributed by atoms with E-state index in [9.17, 15) is 4.79 Å². The van der Waals surface area contributed by atoms with Crippen LogP contribution in [0.2, 0.25) is 0 Å². The molecular formula is C9H14O. The summed E-state index contributed by atoms with van der Waals surface area (Å²) in [7, 11) is 0. The van der Waals surface area contributed by atoms with Crippen molar-refractivity contribution >= 4 is 5.78 Å². The topological polar surface area (TPSA) is 17.1 Å². The van der Waals surface area contributed by atoms with Gasteiger partial charge in [0.05, 0.1) is 0 Å². The molecule has 10 heavy (non-hydrogen) atoms. The molecule has 0 saturated heterocycles. The van der Waals surface area contributed by atoms with Gasteiger partial charge in [0.2, 0.25) is 0 Å². The lowest BCUT2D eigenvalue weighted by Crippen LogP contribution is -2.23. The molecule has 0 spiro atoms. The van der Waals surface area contributed by atoms with E-state index in [1.165, 1.54) is 11.1 Å². The average molecular weight is 138 g/mol. The van der Waals surface area contributed by atoms with E-state index in [4.69, 9.17) is 0 Å². The van der Waals surface area contributed by atoms with Crippen molar-refractivity contribution in [3.63, 3.8) is 0 Å². The molecule has 0 N–H and O–H groups in total. The molecule has 1 heteroatoms. The average Bonchev–Trinajstić information content (AvgIpc) is 1.56. The first-order valence-electron chi connectivity index (χ1n) is 3.79. The minimum atomic E-state index is 0.282. The summed E-state index contributed by atoms with van der Waals surface area (Å²) in [6.45, 7) is 5.86. The second-order valence-corrected chi connectivity index (χ2v) is 3.23. The van der Waals surface area contributed by atoms with Crippen molar-refractivity contribution in [1.82, 2.24) is 0 Å². The molecule has 0 bridgehead atoms. The van der Waals surface area contributed by atoms with Crippen LogP contribution in [0.4, 0.5) is 0 Å². The molecule has 1 unspecified atom stereocenters. The Bertz CT molecular complexity index is 185. The number of carbonyl (C=O) groups is 1. The molecule has 1 atom stereocenters. The Morgan fingerprint density at radius 1 is 1.40 bits per heavy atom. The molecule has 1 aliphatic rings. The third-order valence-electron chi connectivity index (χ3n) is 2.26. The highest BCUT2D eigenvalue weighted by Gasteiger charge is 2.28. The number of allylic oxidation sites excluding steroid dienone is 2. The molecular weight excluding hydrogens is 124 g/mol. The fraction of sp³-hybridized carbons (Fsp3) is 0.667. The van der Waals surface area contributed by atoms with Crippen LogP contribution in [-0.2, 0) is 4.79 Å². The lowest BCUT2D eigenvalue weighted by molar-refractivity contribution is -0.120. The van der Waals surface area contributed by atoms with E-state index in [-0.39, 0.29) is 5.92 Å². The van der Waals surface area contributed by atoms with Crippen LogP contribution in [-0.4, -0.2) is 5.78 Å². The minimum Gasteiger partial charge on any atom is -0.299 e. The van der Waals surface area contributed by atoms with Gasteiger partial charge in [0.1, 0.15) is 5.78 Å². The van der Waals surface area contributed by atoms with Gasteiger partial charge in [-0.2, -0.15) is 0 Å². The normalized spacial score (nSPS) is 23.9. The Labute approximate surface area is 62.1 Å². The Morgan fingerprint density at radius 2 is 2.00 bits per heavy atom. The lowest BCUT2D eigenvalue weighted by Gasteiger charge is -2.29. The molecule has 0 amide bonds. The van der Waals surface area contributed by atoms with E-state index >= 15 is 0 Å². The summed E-state index contributed by atoms with van der Waals surface area (Å²) < 4.78 is 0. The van der Waals surface area contributed by atoms with Crippen LogP contribution in [0.25, 0.3) is 0 Å². The first kappa shape index (κ1) is 7.52. The summed E-state index contributed by atoms with van der Waals surface area (Å²) in [4.78, 5) is 10.9. The molecule has 0 aromatic rings. The molecule has 0 radical (unpaired) electrons. The summed E-state index contributed by atoms with van der Waals surface area (Å²) in [6.07, 6.45) is 2.22. The van der Waals surface area contributed by atoms with Gasteiger partial charge in [-0.1, -0.05) is 11.1 Å². The first-order valence-corrected chi connectivity index (χ1v) is 3.79. The van der Waals surface area contributed by atoms with E-state index in [0.29, 0.717) is 5.78 Å². The molecule has 1 fully saturated rings. The van der Waals surface area contributed by atoms with Crippen molar-refractivity contribution < 1.29 is 4.79 Å². The van der Waals surface area contributed by atoms with Gasteiger partial charge in [0, 0.05) is 5.92 Å². The second kappa shape index (κ2) is 2.57. The minimum absolute atomic E-state index is 0.282. The van der Waals surface area contributed by atoms with Crippen molar-refractivity contribution in [2.24, 2.45) is 5.92 Å². The highest BCUT2D eigenvalue weighted by atomic mass is 16.1.